The van der Waals surface area contributed by atoms with E-state index in [1.54, 1.807) is 17.9 Å². The third-order valence-electron chi connectivity index (χ3n) is 2.82. The summed E-state index contributed by atoms with van der Waals surface area (Å²) in [7, 11) is 0. The van der Waals surface area contributed by atoms with Crippen LogP contribution < -0.4 is 0 Å². The average molecular weight is 216 g/mol. The smallest absolute Gasteiger partial charge is 0.240 e. The number of hydrogen-bond donors (Lipinski definition) is 0. The van der Waals surface area contributed by atoms with Crippen molar-refractivity contribution in [3.63, 3.8) is 0 Å². The zero-order valence-corrected chi connectivity index (χ0v) is 9.06. The second-order valence-corrected chi connectivity index (χ2v) is 3.85. The third kappa shape index (κ3) is 2.02. The summed E-state index contributed by atoms with van der Waals surface area (Å²) < 4.78 is 0. The third-order valence-corrected chi connectivity index (χ3v) is 2.82. The number of benzene rings is 1. The standard InChI is InChI=1S/C12H12N2O2/c1-9(16)14-5-4-10-2-3-12(13-8-15)6-11(10)7-14/h2-3,6H,4-5,7H2,1H3. The van der Waals surface area contributed by atoms with E-state index in [2.05, 4.69) is 4.99 Å². The molecule has 0 bridgehead atoms. The molecule has 0 radical (unpaired) electrons. The second-order valence-electron chi connectivity index (χ2n) is 3.85. The van der Waals surface area contributed by atoms with Crippen molar-refractivity contribution in [2.75, 3.05) is 6.54 Å². The van der Waals surface area contributed by atoms with Gasteiger partial charge in [0, 0.05) is 20.0 Å². The Morgan fingerprint density at radius 3 is 2.94 bits per heavy atom. The molecule has 1 heterocycles. The highest BCUT2D eigenvalue weighted by atomic mass is 16.2. The van der Waals surface area contributed by atoms with Crippen LogP contribution in [0.2, 0.25) is 0 Å². The Bertz CT molecular complexity index is 476. The highest BCUT2D eigenvalue weighted by Gasteiger charge is 2.17. The van der Waals surface area contributed by atoms with E-state index in [0.717, 1.165) is 18.5 Å². The van der Waals surface area contributed by atoms with E-state index >= 15 is 0 Å². The predicted octanol–water partition coefficient (Wildman–Crippen LogP) is 1.56. The van der Waals surface area contributed by atoms with E-state index in [1.807, 2.05) is 12.1 Å². The van der Waals surface area contributed by atoms with Crippen LogP contribution in [-0.2, 0) is 22.6 Å². The molecule has 1 aliphatic rings. The van der Waals surface area contributed by atoms with Gasteiger partial charge in [0.15, 0.2) is 0 Å². The number of amides is 1. The molecule has 16 heavy (non-hydrogen) atoms. The van der Waals surface area contributed by atoms with Gasteiger partial charge < -0.3 is 4.90 Å². The Morgan fingerprint density at radius 1 is 1.44 bits per heavy atom. The number of rotatable bonds is 1. The van der Waals surface area contributed by atoms with Crippen molar-refractivity contribution in [3.05, 3.63) is 29.3 Å². The summed E-state index contributed by atoms with van der Waals surface area (Å²) >= 11 is 0. The van der Waals surface area contributed by atoms with Gasteiger partial charge in [-0.05, 0) is 29.7 Å². The predicted molar refractivity (Wildman–Crippen MR) is 59.0 cm³/mol. The van der Waals surface area contributed by atoms with Crippen molar-refractivity contribution < 1.29 is 9.59 Å². The largest absolute Gasteiger partial charge is 0.338 e. The van der Waals surface area contributed by atoms with Gasteiger partial charge in [-0.2, -0.15) is 4.99 Å². The van der Waals surface area contributed by atoms with Crippen molar-refractivity contribution in [1.29, 1.82) is 0 Å². The molecule has 1 amide bonds. The summed E-state index contributed by atoms with van der Waals surface area (Å²) in [6.07, 6.45) is 2.38. The van der Waals surface area contributed by atoms with Gasteiger partial charge in [-0.15, -0.1) is 0 Å². The molecule has 0 saturated carbocycles. The van der Waals surface area contributed by atoms with Crippen LogP contribution in [0.5, 0.6) is 0 Å². The van der Waals surface area contributed by atoms with Crippen molar-refractivity contribution in [2.24, 2.45) is 4.99 Å². The van der Waals surface area contributed by atoms with Crippen LogP contribution in [0.4, 0.5) is 5.69 Å². The lowest BCUT2D eigenvalue weighted by atomic mass is 9.99. The molecule has 1 aromatic rings. The number of carbonyl (C=O) groups is 1. The van der Waals surface area contributed by atoms with Gasteiger partial charge in [0.1, 0.15) is 0 Å². The van der Waals surface area contributed by atoms with E-state index in [1.165, 1.54) is 11.6 Å². The number of hydrogen-bond acceptors (Lipinski definition) is 3. The van der Waals surface area contributed by atoms with Crippen molar-refractivity contribution in [2.45, 2.75) is 19.9 Å². The van der Waals surface area contributed by atoms with E-state index < -0.39 is 0 Å². The maximum Gasteiger partial charge on any atom is 0.240 e. The average Bonchev–Trinajstić information content (AvgIpc) is 2.28. The first kappa shape index (κ1) is 10.6. The molecule has 0 spiro atoms. The maximum atomic E-state index is 11.3. The minimum absolute atomic E-state index is 0.0786. The molecule has 82 valence electrons. The molecule has 4 heteroatoms. The van der Waals surface area contributed by atoms with E-state index in [0.29, 0.717) is 12.2 Å². The number of nitrogens with zero attached hydrogens (tertiary/aromatic N) is 2. The number of aliphatic imine (C=N–C) groups is 1. The van der Waals surface area contributed by atoms with Crippen LogP contribution in [0.1, 0.15) is 18.1 Å². The first-order chi connectivity index (χ1) is 7.70. The zero-order valence-electron chi connectivity index (χ0n) is 9.06. The SMILES string of the molecule is CC(=O)N1CCc2ccc(N=C=O)cc2C1. The highest BCUT2D eigenvalue weighted by Crippen LogP contribution is 2.23. The quantitative estimate of drug-likeness (QED) is 0.528. The normalized spacial score (nSPS) is 13.9. The van der Waals surface area contributed by atoms with E-state index in [9.17, 15) is 9.59 Å². The lowest BCUT2D eigenvalue weighted by Gasteiger charge is -2.27. The van der Waals surface area contributed by atoms with Gasteiger partial charge in [-0.1, -0.05) is 6.07 Å². The summed E-state index contributed by atoms with van der Waals surface area (Å²) in [5, 5.41) is 0. The van der Waals surface area contributed by atoms with Gasteiger partial charge in [-0.25, -0.2) is 4.79 Å². The van der Waals surface area contributed by atoms with Crippen molar-refractivity contribution in [1.82, 2.24) is 4.90 Å². The number of carbonyl (C=O) groups excluding carboxylic acids is 2. The fraction of sp³-hybridized carbons (Fsp3) is 0.333. The van der Waals surface area contributed by atoms with Crippen LogP contribution in [-0.4, -0.2) is 23.4 Å². The molecule has 0 fully saturated rings. The van der Waals surface area contributed by atoms with Crippen LogP contribution >= 0.6 is 0 Å². The summed E-state index contributed by atoms with van der Waals surface area (Å²) in [6.45, 7) is 2.93. The lowest BCUT2D eigenvalue weighted by molar-refractivity contribution is -0.129. The fourth-order valence-corrected chi connectivity index (χ4v) is 1.93. The van der Waals surface area contributed by atoms with Crippen LogP contribution in [0.3, 0.4) is 0 Å². The molecule has 0 unspecified atom stereocenters. The molecule has 2 rings (SSSR count). The van der Waals surface area contributed by atoms with Crippen LogP contribution in [0.25, 0.3) is 0 Å². The first-order valence-electron chi connectivity index (χ1n) is 5.16. The molecule has 0 aromatic heterocycles. The lowest BCUT2D eigenvalue weighted by Crippen LogP contribution is -2.34. The number of fused-ring (bicyclic) bond motifs is 1. The summed E-state index contributed by atoms with van der Waals surface area (Å²) in [5.41, 5.74) is 2.89. The highest BCUT2D eigenvalue weighted by molar-refractivity contribution is 5.73. The fourth-order valence-electron chi connectivity index (χ4n) is 1.93. The molecule has 1 aromatic carbocycles. The van der Waals surface area contributed by atoms with Gasteiger partial charge in [0.2, 0.25) is 12.0 Å². The molecule has 1 aliphatic heterocycles. The molecular formula is C12H12N2O2. The Morgan fingerprint density at radius 2 is 2.25 bits per heavy atom. The first-order valence-corrected chi connectivity index (χ1v) is 5.16. The topological polar surface area (TPSA) is 49.7 Å². The minimum atomic E-state index is 0.0786. The molecule has 0 atom stereocenters. The molecule has 0 N–H and O–H groups in total. The van der Waals surface area contributed by atoms with Gasteiger partial charge in [-0.3, -0.25) is 4.79 Å². The molecule has 4 nitrogen and oxygen atoms in total. The molecular weight excluding hydrogens is 204 g/mol. The van der Waals surface area contributed by atoms with Crippen molar-refractivity contribution in [3.8, 4) is 0 Å². The Balaban J connectivity index is 2.31. The minimum Gasteiger partial charge on any atom is -0.338 e. The van der Waals surface area contributed by atoms with E-state index in [-0.39, 0.29) is 5.91 Å². The number of isocyanates is 1. The van der Waals surface area contributed by atoms with Gasteiger partial charge in [0.25, 0.3) is 0 Å². The van der Waals surface area contributed by atoms with E-state index in [4.69, 9.17) is 0 Å². The Kier molecular flexibility index (Phi) is 2.84. The Hall–Kier alpha value is -1.93. The van der Waals surface area contributed by atoms with Gasteiger partial charge >= 0.3 is 0 Å². The van der Waals surface area contributed by atoms with Crippen LogP contribution in [0.15, 0.2) is 23.2 Å². The zero-order chi connectivity index (χ0) is 11.5. The maximum absolute atomic E-state index is 11.3. The Labute approximate surface area is 93.6 Å². The monoisotopic (exact) mass is 216 g/mol. The summed E-state index contributed by atoms with van der Waals surface area (Å²) in [6, 6.07) is 5.60. The summed E-state index contributed by atoms with van der Waals surface area (Å²) in [5.74, 6) is 0.0786. The second kappa shape index (κ2) is 4.29. The van der Waals surface area contributed by atoms with Gasteiger partial charge in [0.05, 0.1) is 5.69 Å². The van der Waals surface area contributed by atoms with Crippen LogP contribution in [0, 0.1) is 0 Å². The van der Waals surface area contributed by atoms with Crippen molar-refractivity contribution >= 4 is 17.7 Å². The molecule has 0 aliphatic carbocycles. The molecule has 0 saturated heterocycles. The summed E-state index contributed by atoms with van der Waals surface area (Å²) in [4.78, 5) is 26.8.